The first-order valence-electron chi connectivity index (χ1n) is 6.46. The van der Waals surface area contributed by atoms with Gasteiger partial charge in [0, 0.05) is 22.8 Å². The van der Waals surface area contributed by atoms with Gasteiger partial charge in [-0.25, -0.2) is 0 Å². The molecule has 1 atom stereocenters. The van der Waals surface area contributed by atoms with Crippen molar-refractivity contribution in [1.82, 2.24) is 0 Å². The molecular weight excluding hydrogens is 254 g/mol. The van der Waals surface area contributed by atoms with Crippen molar-refractivity contribution in [2.45, 2.75) is 24.3 Å². The molecule has 98 valence electrons. The van der Waals surface area contributed by atoms with Crippen LogP contribution in [0.4, 0.5) is 5.69 Å². The van der Waals surface area contributed by atoms with Crippen molar-refractivity contribution in [2.24, 2.45) is 0 Å². The lowest BCUT2D eigenvalue weighted by molar-refractivity contribution is 0.259. The Labute approximate surface area is 118 Å². The fourth-order valence-electron chi connectivity index (χ4n) is 2.30. The Hall–Kier alpha value is -1.61. The van der Waals surface area contributed by atoms with E-state index in [4.69, 9.17) is 10.5 Å². The van der Waals surface area contributed by atoms with Gasteiger partial charge < -0.3 is 10.5 Å². The molecule has 2 N–H and O–H groups in total. The van der Waals surface area contributed by atoms with E-state index in [1.54, 1.807) is 0 Å². The predicted octanol–water partition coefficient (Wildman–Crippen LogP) is 3.67. The highest BCUT2D eigenvalue weighted by Gasteiger charge is 2.22. The van der Waals surface area contributed by atoms with Crippen LogP contribution >= 0.6 is 11.8 Å². The van der Waals surface area contributed by atoms with Crippen LogP contribution in [0.3, 0.4) is 0 Å². The largest absolute Gasteiger partial charge is 0.489 e. The number of anilines is 1. The third kappa shape index (κ3) is 2.71. The first-order chi connectivity index (χ1) is 9.22. The normalized spacial score (nSPS) is 17.0. The summed E-state index contributed by atoms with van der Waals surface area (Å²) in [5.41, 5.74) is 9.25. The molecule has 0 spiro atoms. The summed E-state index contributed by atoms with van der Waals surface area (Å²) in [6.45, 7) is 2.12. The number of benzene rings is 2. The molecule has 1 unspecified atom stereocenters. The highest BCUT2D eigenvalue weighted by atomic mass is 32.2. The van der Waals surface area contributed by atoms with Crippen LogP contribution in [0.1, 0.15) is 11.1 Å². The number of aryl methyl sites for hydroxylation is 1. The SMILES string of the molecule is Cc1ccc(N)cc1SCC1Cc2ccccc2O1. The van der Waals surface area contributed by atoms with Crippen LogP contribution in [-0.2, 0) is 6.42 Å². The summed E-state index contributed by atoms with van der Waals surface area (Å²) in [5.74, 6) is 2.00. The standard InChI is InChI=1S/C16H17NOS/c1-11-6-7-13(17)9-16(11)19-10-14-8-12-4-2-3-5-15(12)18-14/h2-7,9,14H,8,10,17H2,1H3. The van der Waals surface area contributed by atoms with Gasteiger partial charge in [-0.1, -0.05) is 24.3 Å². The van der Waals surface area contributed by atoms with Crippen LogP contribution in [0.2, 0.25) is 0 Å². The Morgan fingerprint density at radius 1 is 1.26 bits per heavy atom. The molecule has 2 aromatic rings. The molecule has 0 saturated heterocycles. The number of hydrogen-bond donors (Lipinski definition) is 1. The Morgan fingerprint density at radius 2 is 2.11 bits per heavy atom. The van der Waals surface area contributed by atoms with Gasteiger partial charge in [-0.2, -0.15) is 0 Å². The summed E-state index contributed by atoms with van der Waals surface area (Å²) >= 11 is 1.82. The smallest absolute Gasteiger partial charge is 0.123 e. The van der Waals surface area contributed by atoms with Gasteiger partial charge in [-0.3, -0.25) is 0 Å². The maximum absolute atomic E-state index is 5.95. The van der Waals surface area contributed by atoms with Crippen LogP contribution in [0.5, 0.6) is 5.75 Å². The van der Waals surface area contributed by atoms with Gasteiger partial charge in [0.2, 0.25) is 0 Å². The molecule has 1 aliphatic rings. The summed E-state index contributed by atoms with van der Waals surface area (Å²) in [5, 5.41) is 0. The maximum atomic E-state index is 5.95. The molecule has 1 heterocycles. The van der Waals surface area contributed by atoms with Gasteiger partial charge in [0.1, 0.15) is 11.9 Å². The molecule has 0 fully saturated rings. The number of nitrogen functional groups attached to an aromatic ring is 1. The van der Waals surface area contributed by atoms with Crippen LogP contribution < -0.4 is 10.5 Å². The monoisotopic (exact) mass is 271 g/mol. The number of fused-ring (bicyclic) bond motifs is 1. The lowest BCUT2D eigenvalue weighted by Crippen LogP contribution is -2.15. The van der Waals surface area contributed by atoms with Crippen LogP contribution in [0.15, 0.2) is 47.4 Å². The molecule has 1 aliphatic heterocycles. The van der Waals surface area contributed by atoms with Crippen molar-refractivity contribution < 1.29 is 4.74 Å². The van der Waals surface area contributed by atoms with E-state index in [0.717, 1.165) is 23.6 Å². The molecule has 2 aromatic carbocycles. The third-order valence-corrected chi connectivity index (χ3v) is 4.64. The zero-order chi connectivity index (χ0) is 13.2. The van der Waals surface area contributed by atoms with Crippen LogP contribution in [0, 0.1) is 6.92 Å². The lowest BCUT2D eigenvalue weighted by Gasteiger charge is -2.12. The second-order valence-electron chi connectivity index (χ2n) is 4.89. The van der Waals surface area contributed by atoms with Crippen molar-refractivity contribution in [3.8, 4) is 5.75 Å². The van der Waals surface area contributed by atoms with Gasteiger partial charge in [-0.15, -0.1) is 11.8 Å². The molecule has 0 saturated carbocycles. The van der Waals surface area contributed by atoms with Gasteiger partial charge in [0.25, 0.3) is 0 Å². The summed E-state index contributed by atoms with van der Waals surface area (Å²) in [4.78, 5) is 1.25. The zero-order valence-corrected chi connectivity index (χ0v) is 11.7. The second-order valence-corrected chi connectivity index (χ2v) is 5.95. The number of ether oxygens (including phenoxy) is 1. The molecule has 0 radical (unpaired) electrons. The van der Waals surface area contributed by atoms with E-state index in [0.29, 0.717) is 0 Å². The highest BCUT2D eigenvalue weighted by molar-refractivity contribution is 7.99. The molecular formula is C16H17NOS. The molecule has 0 aliphatic carbocycles. The van der Waals surface area contributed by atoms with E-state index in [1.807, 2.05) is 36.0 Å². The van der Waals surface area contributed by atoms with Gasteiger partial charge in [0.05, 0.1) is 0 Å². The number of para-hydroxylation sites is 1. The summed E-state index contributed by atoms with van der Waals surface area (Å²) in [7, 11) is 0. The van der Waals surface area contributed by atoms with Crippen molar-refractivity contribution in [3.63, 3.8) is 0 Å². The van der Waals surface area contributed by atoms with Gasteiger partial charge >= 0.3 is 0 Å². The number of hydrogen-bond acceptors (Lipinski definition) is 3. The predicted molar refractivity (Wildman–Crippen MR) is 80.9 cm³/mol. The summed E-state index contributed by atoms with van der Waals surface area (Å²) in [6.07, 6.45) is 1.27. The first kappa shape index (κ1) is 12.4. The van der Waals surface area contributed by atoms with Crippen molar-refractivity contribution in [2.75, 3.05) is 11.5 Å². The van der Waals surface area contributed by atoms with E-state index in [-0.39, 0.29) is 6.10 Å². The summed E-state index contributed by atoms with van der Waals surface area (Å²) < 4.78 is 5.95. The minimum Gasteiger partial charge on any atom is -0.489 e. The summed E-state index contributed by atoms with van der Waals surface area (Å²) in [6, 6.07) is 14.3. The van der Waals surface area contributed by atoms with E-state index >= 15 is 0 Å². The van der Waals surface area contributed by atoms with Crippen molar-refractivity contribution in [3.05, 3.63) is 53.6 Å². The van der Waals surface area contributed by atoms with Crippen LogP contribution in [-0.4, -0.2) is 11.9 Å². The van der Waals surface area contributed by atoms with Crippen LogP contribution in [0.25, 0.3) is 0 Å². The fourth-order valence-corrected chi connectivity index (χ4v) is 3.37. The average molecular weight is 271 g/mol. The molecule has 19 heavy (non-hydrogen) atoms. The average Bonchev–Trinajstić information content (AvgIpc) is 2.82. The minimum atomic E-state index is 0.267. The minimum absolute atomic E-state index is 0.267. The third-order valence-electron chi connectivity index (χ3n) is 3.35. The van der Waals surface area contributed by atoms with E-state index in [1.165, 1.54) is 16.0 Å². The maximum Gasteiger partial charge on any atom is 0.123 e. The van der Waals surface area contributed by atoms with Crippen molar-refractivity contribution in [1.29, 1.82) is 0 Å². The zero-order valence-electron chi connectivity index (χ0n) is 10.9. The second kappa shape index (κ2) is 5.17. The van der Waals surface area contributed by atoms with E-state index in [9.17, 15) is 0 Å². The fraction of sp³-hybridized carbons (Fsp3) is 0.250. The number of rotatable bonds is 3. The lowest BCUT2D eigenvalue weighted by atomic mass is 10.1. The molecule has 3 rings (SSSR count). The quantitative estimate of drug-likeness (QED) is 0.683. The Bertz CT molecular complexity index is 572. The van der Waals surface area contributed by atoms with Crippen molar-refractivity contribution >= 4 is 17.4 Å². The van der Waals surface area contributed by atoms with Gasteiger partial charge in [0.15, 0.2) is 0 Å². The molecule has 3 heteroatoms. The first-order valence-corrected chi connectivity index (χ1v) is 7.44. The Balaban J connectivity index is 1.64. The van der Waals surface area contributed by atoms with E-state index in [2.05, 4.69) is 25.1 Å². The Morgan fingerprint density at radius 3 is 2.95 bits per heavy atom. The number of nitrogens with two attached hydrogens (primary N) is 1. The van der Waals surface area contributed by atoms with E-state index < -0.39 is 0 Å². The highest BCUT2D eigenvalue weighted by Crippen LogP contribution is 2.32. The molecule has 0 bridgehead atoms. The molecule has 2 nitrogen and oxygen atoms in total. The Kier molecular flexibility index (Phi) is 3.38. The topological polar surface area (TPSA) is 35.2 Å². The molecule has 0 amide bonds. The number of thioether (sulfide) groups is 1. The molecule has 0 aromatic heterocycles. The van der Waals surface area contributed by atoms with Gasteiger partial charge in [-0.05, 0) is 36.2 Å².